The Bertz CT molecular complexity index is 804. The van der Waals surface area contributed by atoms with Gasteiger partial charge in [0.25, 0.3) is 0 Å². The van der Waals surface area contributed by atoms with E-state index < -0.39 is 11.7 Å². The highest BCUT2D eigenvalue weighted by molar-refractivity contribution is 5.98. The van der Waals surface area contributed by atoms with E-state index in [0.717, 1.165) is 25.0 Å². The van der Waals surface area contributed by atoms with E-state index in [1.165, 1.54) is 17.7 Å². The van der Waals surface area contributed by atoms with Crippen LogP contribution in [-0.2, 0) is 11.0 Å². The first-order chi connectivity index (χ1) is 13.2. The maximum Gasteiger partial charge on any atom is 0.416 e. The molecule has 1 aromatic rings. The van der Waals surface area contributed by atoms with E-state index in [1.807, 2.05) is 0 Å². The zero-order chi connectivity index (χ0) is 20.3. The van der Waals surface area contributed by atoms with Crippen LogP contribution in [0.15, 0.2) is 48.1 Å². The molecule has 5 heteroatoms. The summed E-state index contributed by atoms with van der Waals surface area (Å²) in [6.07, 6.45) is 5.59. The molecule has 3 atom stereocenters. The van der Waals surface area contributed by atoms with Crippen LogP contribution in [0.1, 0.15) is 61.4 Å². The Balaban J connectivity index is 1.61. The van der Waals surface area contributed by atoms with Crippen molar-refractivity contribution in [1.82, 2.24) is 0 Å². The molecule has 0 amide bonds. The van der Waals surface area contributed by atoms with Crippen molar-refractivity contribution in [3.63, 3.8) is 0 Å². The van der Waals surface area contributed by atoms with E-state index in [-0.39, 0.29) is 29.0 Å². The molecule has 150 valence electrons. The summed E-state index contributed by atoms with van der Waals surface area (Å²) in [5.41, 5.74) is 0.449. The van der Waals surface area contributed by atoms with Gasteiger partial charge in [0.2, 0.25) is 0 Å². The van der Waals surface area contributed by atoms with Crippen molar-refractivity contribution in [3.8, 4) is 0 Å². The van der Waals surface area contributed by atoms with Crippen molar-refractivity contribution in [2.45, 2.75) is 51.6 Å². The smallest absolute Gasteiger partial charge is 0.299 e. The minimum atomic E-state index is -4.47. The number of carbonyl (C=O) groups is 2. The highest BCUT2D eigenvalue weighted by Crippen LogP contribution is 2.35. The fourth-order valence-corrected chi connectivity index (χ4v) is 4.17. The topological polar surface area (TPSA) is 34.1 Å². The van der Waals surface area contributed by atoms with Crippen molar-refractivity contribution in [2.24, 2.45) is 17.8 Å². The summed E-state index contributed by atoms with van der Waals surface area (Å²) >= 11 is 0. The highest BCUT2D eigenvalue weighted by atomic mass is 19.4. The van der Waals surface area contributed by atoms with Gasteiger partial charge < -0.3 is 0 Å². The molecule has 3 rings (SSSR count). The molecule has 28 heavy (non-hydrogen) atoms. The average Bonchev–Trinajstić information content (AvgIpc) is 3.10. The Hall–Kier alpha value is -2.17. The molecule has 0 saturated heterocycles. The Kier molecular flexibility index (Phi) is 6.21. The number of allylic oxidation sites excluding steroid dienone is 4. The van der Waals surface area contributed by atoms with Gasteiger partial charge in [0, 0.05) is 23.8 Å². The molecule has 2 aliphatic carbocycles. The molecule has 2 unspecified atom stereocenters. The van der Waals surface area contributed by atoms with E-state index in [1.54, 1.807) is 0 Å². The standard InChI is InChI=1S/C23H25F3O2/c1-15-8-9-16(12-15)10-11-21(27)17-4-2-5-18(13-17)22(28)19-6-3-7-20(14-19)23(24,25)26/h3,6-9,12,14-15,17-18H,2,4-5,10-11,13H2,1H3/t15?,17?,18-/m0/s1. The summed E-state index contributed by atoms with van der Waals surface area (Å²) in [5, 5.41) is 0. The molecule has 1 saturated carbocycles. The fourth-order valence-electron chi connectivity index (χ4n) is 4.17. The lowest BCUT2D eigenvalue weighted by Crippen LogP contribution is -2.27. The molecule has 0 spiro atoms. The molecule has 0 radical (unpaired) electrons. The number of rotatable bonds is 6. The quantitative estimate of drug-likeness (QED) is 0.544. The van der Waals surface area contributed by atoms with Gasteiger partial charge in [-0.2, -0.15) is 13.2 Å². The summed E-state index contributed by atoms with van der Waals surface area (Å²) < 4.78 is 38.7. The molecular weight excluding hydrogens is 365 g/mol. The van der Waals surface area contributed by atoms with Crippen molar-refractivity contribution >= 4 is 11.6 Å². The molecule has 0 heterocycles. The Morgan fingerprint density at radius 1 is 1.14 bits per heavy atom. The minimum Gasteiger partial charge on any atom is -0.299 e. The lowest BCUT2D eigenvalue weighted by molar-refractivity contribution is -0.137. The van der Waals surface area contributed by atoms with Gasteiger partial charge in [0.05, 0.1) is 5.56 Å². The zero-order valence-corrected chi connectivity index (χ0v) is 16.0. The Morgan fingerprint density at radius 2 is 1.89 bits per heavy atom. The molecule has 2 nitrogen and oxygen atoms in total. The van der Waals surface area contributed by atoms with Gasteiger partial charge >= 0.3 is 6.18 Å². The number of Topliss-reactive ketones (excluding diaryl/α,β-unsaturated/α-hetero) is 2. The summed E-state index contributed by atoms with van der Waals surface area (Å²) in [7, 11) is 0. The summed E-state index contributed by atoms with van der Waals surface area (Å²) in [6, 6.07) is 4.60. The minimum absolute atomic E-state index is 0.0863. The second kappa shape index (κ2) is 8.46. The van der Waals surface area contributed by atoms with E-state index >= 15 is 0 Å². The number of carbonyl (C=O) groups excluding carboxylic acids is 2. The average molecular weight is 390 g/mol. The van der Waals surface area contributed by atoms with Crippen LogP contribution in [0.5, 0.6) is 0 Å². The normalized spacial score (nSPS) is 24.9. The van der Waals surface area contributed by atoms with Crippen LogP contribution in [0.3, 0.4) is 0 Å². The van der Waals surface area contributed by atoms with Crippen LogP contribution in [0.2, 0.25) is 0 Å². The first-order valence-electron chi connectivity index (χ1n) is 9.87. The van der Waals surface area contributed by atoms with Crippen LogP contribution < -0.4 is 0 Å². The SMILES string of the molecule is CC1C=CC(CCC(=O)C2CCC[C@H](C(=O)c3cccc(C(F)(F)F)c3)C2)=C1. The summed E-state index contributed by atoms with van der Waals surface area (Å²) in [6.45, 7) is 2.09. The van der Waals surface area contributed by atoms with Gasteiger partial charge in [0.15, 0.2) is 5.78 Å². The Labute approximate surface area is 163 Å². The molecule has 1 aromatic carbocycles. The van der Waals surface area contributed by atoms with Crippen LogP contribution >= 0.6 is 0 Å². The van der Waals surface area contributed by atoms with Crippen LogP contribution in [0.4, 0.5) is 13.2 Å². The molecular formula is C23H25F3O2. The Morgan fingerprint density at radius 3 is 2.57 bits per heavy atom. The van der Waals surface area contributed by atoms with Gasteiger partial charge in [-0.1, -0.05) is 49.3 Å². The second-order valence-corrected chi connectivity index (χ2v) is 7.93. The number of benzene rings is 1. The van der Waals surface area contributed by atoms with Gasteiger partial charge in [-0.25, -0.2) is 0 Å². The molecule has 0 aromatic heterocycles. The number of halogens is 3. The highest BCUT2D eigenvalue weighted by Gasteiger charge is 2.34. The number of hydrogen-bond acceptors (Lipinski definition) is 2. The predicted octanol–water partition coefficient (Wildman–Crippen LogP) is 6.18. The number of alkyl halides is 3. The lowest BCUT2D eigenvalue weighted by Gasteiger charge is -2.27. The summed E-state index contributed by atoms with van der Waals surface area (Å²) in [4.78, 5) is 25.4. The second-order valence-electron chi connectivity index (χ2n) is 7.93. The van der Waals surface area contributed by atoms with E-state index in [9.17, 15) is 22.8 Å². The maximum absolute atomic E-state index is 12.9. The lowest BCUT2D eigenvalue weighted by atomic mass is 9.75. The van der Waals surface area contributed by atoms with Crippen molar-refractivity contribution in [3.05, 3.63) is 59.2 Å². The molecule has 0 aliphatic heterocycles. The van der Waals surface area contributed by atoms with E-state index in [4.69, 9.17) is 0 Å². The van der Waals surface area contributed by atoms with Gasteiger partial charge in [0.1, 0.15) is 5.78 Å². The third-order valence-corrected chi connectivity index (χ3v) is 5.73. The molecule has 2 aliphatic rings. The largest absolute Gasteiger partial charge is 0.416 e. The molecule has 0 bridgehead atoms. The third kappa shape index (κ3) is 5.00. The van der Waals surface area contributed by atoms with Crippen LogP contribution in [-0.4, -0.2) is 11.6 Å². The fraction of sp³-hybridized carbons (Fsp3) is 0.478. The summed E-state index contributed by atoms with van der Waals surface area (Å²) in [5.74, 6) is -0.253. The van der Waals surface area contributed by atoms with Gasteiger partial charge in [-0.05, 0) is 43.7 Å². The molecule has 0 N–H and O–H groups in total. The van der Waals surface area contributed by atoms with Crippen molar-refractivity contribution in [1.29, 1.82) is 0 Å². The monoisotopic (exact) mass is 390 g/mol. The van der Waals surface area contributed by atoms with E-state index in [0.29, 0.717) is 31.6 Å². The third-order valence-electron chi connectivity index (χ3n) is 5.73. The van der Waals surface area contributed by atoms with Gasteiger partial charge in [-0.15, -0.1) is 0 Å². The van der Waals surface area contributed by atoms with Crippen LogP contribution in [0.25, 0.3) is 0 Å². The number of ketones is 2. The van der Waals surface area contributed by atoms with Crippen molar-refractivity contribution < 1.29 is 22.8 Å². The maximum atomic E-state index is 12.9. The van der Waals surface area contributed by atoms with E-state index in [2.05, 4.69) is 25.2 Å². The zero-order valence-electron chi connectivity index (χ0n) is 16.0. The van der Waals surface area contributed by atoms with Crippen molar-refractivity contribution in [2.75, 3.05) is 0 Å². The predicted molar refractivity (Wildman–Crippen MR) is 102 cm³/mol. The first kappa shape index (κ1) is 20.6. The number of hydrogen-bond donors (Lipinski definition) is 0. The molecule has 1 fully saturated rings. The van der Waals surface area contributed by atoms with Gasteiger partial charge in [-0.3, -0.25) is 9.59 Å². The first-order valence-corrected chi connectivity index (χ1v) is 9.87. The van der Waals surface area contributed by atoms with Crippen LogP contribution in [0, 0.1) is 17.8 Å².